The van der Waals surface area contributed by atoms with E-state index in [0.717, 1.165) is 42.4 Å². The first-order valence-corrected chi connectivity index (χ1v) is 11.3. The Labute approximate surface area is 192 Å². The molecule has 2 heterocycles. The number of hydrogen-bond donors (Lipinski definition) is 1. The number of piperidine rings is 1. The quantitative estimate of drug-likeness (QED) is 0.472. The first-order valence-electron chi connectivity index (χ1n) is 11.3. The Morgan fingerprint density at radius 3 is 2.36 bits per heavy atom. The number of fused-ring (bicyclic) bond motifs is 1. The summed E-state index contributed by atoms with van der Waals surface area (Å²) in [6, 6.07) is 22.5. The van der Waals surface area contributed by atoms with Crippen LogP contribution in [0.3, 0.4) is 0 Å². The van der Waals surface area contributed by atoms with Crippen LogP contribution in [0.25, 0.3) is 22.2 Å². The zero-order chi connectivity index (χ0) is 22.6. The van der Waals surface area contributed by atoms with Gasteiger partial charge in [-0.1, -0.05) is 47.6 Å². The van der Waals surface area contributed by atoms with Gasteiger partial charge in [0.15, 0.2) is 5.76 Å². The second-order valence-electron chi connectivity index (χ2n) is 8.34. The van der Waals surface area contributed by atoms with Gasteiger partial charge in [0.05, 0.1) is 5.39 Å². The first kappa shape index (κ1) is 20.9. The van der Waals surface area contributed by atoms with Gasteiger partial charge in [0.1, 0.15) is 5.52 Å². The molecule has 0 saturated carbocycles. The van der Waals surface area contributed by atoms with E-state index in [0.29, 0.717) is 28.9 Å². The average Bonchev–Trinajstić information content (AvgIpc) is 3.31. The van der Waals surface area contributed by atoms with Crippen molar-refractivity contribution in [3.63, 3.8) is 0 Å². The Bertz CT molecular complexity index is 1270. The van der Waals surface area contributed by atoms with Gasteiger partial charge in [-0.15, -0.1) is 0 Å². The van der Waals surface area contributed by atoms with E-state index in [9.17, 15) is 9.59 Å². The number of likely N-dealkylation sites (tertiary alicyclic amines) is 1. The lowest BCUT2D eigenvalue weighted by Gasteiger charge is -2.26. The van der Waals surface area contributed by atoms with Gasteiger partial charge in [0.2, 0.25) is 0 Å². The molecular formula is C27H25N3O3. The van der Waals surface area contributed by atoms with Crippen LogP contribution in [0.5, 0.6) is 0 Å². The lowest BCUT2D eigenvalue weighted by Crippen LogP contribution is -2.35. The Hall–Kier alpha value is -3.93. The van der Waals surface area contributed by atoms with Crippen LogP contribution in [-0.4, -0.2) is 35.0 Å². The lowest BCUT2D eigenvalue weighted by molar-refractivity contribution is 0.0724. The minimum atomic E-state index is -0.175. The third-order valence-electron chi connectivity index (χ3n) is 6.07. The van der Waals surface area contributed by atoms with Crippen LogP contribution in [-0.2, 0) is 6.54 Å². The maximum Gasteiger partial charge on any atom is 0.253 e. The Morgan fingerprint density at radius 1 is 0.879 bits per heavy atom. The molecule has 0 spiro atoms. The highest BCUT2D eigenvalue weighted by molar-refractivity contribution is 6.01. The Balaban J connectivity index is 1.26. The first-order chi connectivity index (χ1) is 16.2. The predicted molar refractivity (Wildman–Crippen MR) is 127 cm³/mol. The smallest absolute Gasteiger partial charge is 0.253 e. The molecule has 2 amide bonds. The van der Waals surface area contributed by atoms with Gasteiger partial charge in [-0.05, 0) is 55.2 Å². The van der Waals surface area contributed by atoms with E-state index in [1.807, 2.05) is 65.6 Å². The number of hydrogen-bond acceptors (Lipinski definition) is 4. The minimum Gasteiger partial charge on any atom is -0.355 e. The standard InChI is InChI=1S/C27H25N3O3/c31-26(22-13-14-24-23(17-22)25(33-29-24)20-7-3-1-4-8-20)28-18-19-9-11-21(12-10-19)27(32)30-15-5-2-6-16-30/h1,3-4,7-14,17H,2,5-6,15-16,18H2,(H,28,31). The van der Waals surface area contributed by atoms with Gasteiger partial charge < -0.3 is 14.7 Å². The van der Waals surface area contributed by atoms with E-state index in [1.54, 1.807) is 12.1 Å². The molecular weight excluding hydrogens is 414 g/mol. The molecule has 1 aromatic heterocycles. The zero-order valence-electron chi connectivity index (χ0n) is 18.3. The van der Waals surface area contributed by atoms with E-state index in [2.05, 4.69) is 10.5 Å². The van der Waals surface area contributed by atoms with Crippen molar-refractivity contribution in [3.8, 4) is 11.3 Å². The summed E-state index contributed by atoms with van der Waals surface area (Å²) in [4.78, 5) is 27.3. The molecule has 1 saturated heterocycles. The molecule has 0 aliphatic carbocycles. The van der Waals surface area contributed by atoms with Crippen molar-refractivity contribution in [2.45, 2.75) is 25.8 Å². The molecule has 0 unspecified atom stereocenters. The summed E-state index contributed by atoms with van der Waals surface area (Å²) in [5.41, 5.74) is 3.80. The summed E-state index contributed by atoms with van der Waals surface area (Å²) >= 11 is 0. The fourth-order valence-corrected chi connectivity index (χ4v) is 4.21. The van der Waals surface area contributed by atoms with Crippen LogP contribution in [0, 0.1) is 0 Å². The predicted octanol–water partition coefficient (Wildman–Crippen LogP) is 5.05. The monoisotopic (exact) mass is 439 g/mol. The molecule has 33 heavy (non-hydrogen) atoms. The van der Waals surface area contributed by atoms with Gasteiger partial charge in [-0.25, -0.2) is 0 Å². The number of nitrogens with zero attached hydrogens (tertiary/aromatic N) is 2. The van der Waals surface area contributed by atoms with Crippen molar-refractivity contribution in [3.05, 3.63) is 89.5 Å². The average molecular weight is 440 g/mol. The molecule has 1 aliphatic heterocycles. The molecule has 166 valence electrons. The molecule has 6 nitrogen and oxygen atoms in total. The molecule has 1 aliphatic rings. The number of benzene rings is 3. The summed E-state index contributed by atoms with van der Waals surface area (Å²) < 4.78 is 5.53. The summed E-state index contributed by atoms with van der Waals surface area (Å²) in [6.07, 6.45) is 3.34. The van der Waals surface area contributed by atoms with E-state index in [-0.39, 0.29) is 11.8 Å². The van der Waals surface area contributed by atoms with Gasteiger partial charge in [0, 0.05) is 36.3 Å². The lowest BCUT2D eigenvalue weighted by atomic mass is 10.1. The number of aromatic nitrogens is 1. The molecule has 4 aromatic rings. The molecule has 1 fully saturated rings. The topological polar surface area (TPSA) is 75.4 Å². The van der Waals surface area contributed by atoms with Crippen LogP contribution in [0.2, 0.25) is 0 Å². The fourth-order valence-electron chi connectivity index (χ4n) is 4.21. The van der Waals surface area contributed by atoms with E-state index in [1.165, 1.54) is 6.42 Å². The molecule has 1 N–H and O–H groups in total. The van der Waals surface area contributed by atoms with Crippen molar-refractivity contribution in [1.29, 1.82) is 0 Å². The number of rotatable bonds is 5. The zero-order valence-corrected chi connectivity index (χ0v) is 18.3. The molecule has 5 rings (SSSR count). The summed E-state index contributed by atoms with van der Waals surface area (Å²) in [7, 11) is 0. The van der Waals surface area contributed by atoms with Gasteiger partial charge >= 0.3 is 0 Å². The van der Waals surface area contributed by atoms with Crippen molar-refractivity contribution < 1.29 is 14.1 Å². The highest BCUT2D eigenvalue weighted by Gasteiger charge is 2.18. The number of carbonyl (C=O) groups is 2. The second kappa shape index (κ2) is 9.28. The molecule has 6 heteroatoms. The normalized spacial score (nSPS) is 13.8. The molecule has 0 bridgehead atoms. The number of carbonyl (C=O) groups excluding carboxylic acids is 2. The van der Waals surface area contributed by atoms with Gasteiger partial charge in [0.25, 0.3) is 11.8 Å². The maximum absolute atomic E-state index is 12.8. The van der Waals surface area contributed by atoms with Crippen LogP contribution >= 0.6 is 0 Å². The second-order valence-corrected chi connectivity index (χ2v) is 8.34. The Morgan fingerprint density at radius 2 is 1.61 bits per heavy atom. The van der Waals surface area contributed by atoms with Crippen molar-refractivity contribution >= 4 is 22.7 Å². The van der Waals surface area contributed by atoms with E-state index < -0.39 is 0 Å². The minimum absolute atomic E-state index is 0.0847. The molecule has 3 aromatic carbocycles. The van der Waals surface area contributed by atoms with Crippen LogP contribution in [0.4, 0.5) is 0 Å². The number of amides is 2. The molecule has 0 atom stereocenters. The van der Waals surface area contributed by atoms with Crippen LogP contribution < -0.4 is 5.32 Å². The highest BCUT2D eigenvalue weighted by Crippen LogP contribution is 2.29. The summed E-state index contributed by atoms with van der Waals surface area (Å²) in [5.74, 6) is 0.557. The van der Waals surface area contributed by atoms with Gasteiger partial charge in [-0.3, -0.25) is 9.59 Å². The third kappa shape index (κ3) is 4.51. The van der Waals surface area contributed by atoms with Crippen molar-refractivity contribution in [2.75, 3.05) is 13.1 Å². The SMILES string of the molecule is O=C(NCc1ccc(C(=O)N2CCCCC2)cc1)c1ccc2noc(-c3ccccc3)c2c1. The largest absolute Gasteiger partial charge is 0.355 e. The molecule has 0 radical (unpaired) electrons. The van der Waals surface area contributed by atoms with Crippen molar-refractivity contribution in [1.82, 2.24) is 15.4 Å². The summed E-state index contributed by atoms with van der Waals surface area (Å²) in [6.45, 7) is 2.04. The van der Waals surface area contributed by atoms with Crippen molar-refractivity contribution in [2.24, 2.45) is 0 Å². The van der Waals surface area contributed by atoms with Crippen LogP contribution in [0.15, 0.2) is 77.3 Å². The van der Waals surface area contributed by atoms with Gasteiger partial charge in [-0.2, -0.15) is 0 Å². The fraction of sp³-hybridized carbons (Fsp3) is 0.222. The van der Waals surface area contributed by atoms with Crippen LogP contribution in [0.1, 0.15) is 45.5 Å². The maximum atomic E-state index is 12.8. The van der Waals surface area contributed by atoms with E-state index in [4.69, 9.17) is 4.52 Å². The summed E-state index contributed by atoms with van der Waals surface area (Å²) in [5, 5.41) is 7.87. The Kier molecular flexibility index (Phi) is 5.89. The highest BCUT2D eigenvalue weighted by atomic mass is 16.5. The third-order valence-corrected chi connectivity index (χ3v) is 6.07. The van der Waals surface area contributed by atoms with E-state index >= 15 is 0 Å². The number of nitrogens with one attached hydrogen (secondary N) is 1.